The van der Waals surface area contributed by atoms with E-state index >= 15 is 0 Å². The van der Waals surface area contributed by atoms with Crippen molar-refractivity contribution in [2.24, 2.45) is 0 Å². The lowest BCUT2D eigenvalue weighted by Crippen LogP contribution is -2.52. The summed E-state index contributed by atoms with van der Waals surface area (Å²) in [6.07, 6.45) is 7.10. The van der Waals surface area contributed by atoms with Gasteiger partial charge in [0.05, 0.1) is 17.2 Å². The SMILES string of the molecule is CCC(C)(C(=O)C1CCc2cccnc21)N1CCCC1. The monoisotopic (exact) mass is 272 g/mol. The minimum absolute atomic E-state index is 0.0109. The third-order valence-corrected chi connectivity index (χ3v) is 5.30. The Kier molecular flexibility index (Phi) is 3.63. The van der Waals surface area contributed by atoms with Gasteiger partial charge in [-0.05, 0) is 63.7 Å². The number of aromatic nitrogens is 1. The quantitative estimate of drug-likeness (QED) is 0.845. The first-order valence-corrected chi connectivity index (χ1v) is 7.90. The van der Waals surface area contributed by atoms with Crippen LogP contribution in [0.3, 0.4) is 0 Å². The zero-order valence-electron chi connectivity index (χ0n) is 12.6. The van der Waals surface area contributed by atoms with Crippen molar-refractivity contribution in [1.82, 2.24) is 9.88 Å². The van der Waals surface area contributed by atoms with Crippen molar-refractivity contribution < 1.29 is 4.79 Å². The molecule has 1 aliphatic heterocycles. The predicted octanol–water partition coefficient (Wildman–Crippen LogP) is 2.95. The molecule has 3 nitrogen and oxygen atoms in total. The zero-order valence-corrected chi connectivity index (χ0v) is 12.6. The molecule has 3 rings (SSSR count). The van der Waals surface area contributed by atoms with E-state index in [1.54, 1.807) is 0 Å². The smallest absolute Gasteiger partial charge is 0.161 e. The summed E-state index contributed by atoms with van der Waals surface area (Å²) >= 11 is 0. The first-order chi connectivity index (χ1) is 9.66. The van der Waals surface area contributed by atoms with Crippen molar-refractivity contribution in [3.05, 3.63) is 29.6 Å². The van der Waals surface area contributed by atoms with Gasteiger partial charge in [0.2, 0.25) is 0 Å². The van der Waals surface area contributed by atoms with Gasteiger partial charge in [0.25, 0.3) is 0 Å². The Hall–Kier alpha value is -1.22. The van der Waals surface area contributed by atoms with E-state index in [-0.39, 0.29) is 11.5 Å². The largest absolute Gasteiger partial charge is 0.297 e. The molecule has 2 heterocycles. The Morgan fingerprint density at radius 3 is 2.90 bits per heavy atom. The fourth-order valence-electron chi connectivity index (χ4n) is 3.81. The Bertz CT molecular complexity index is 507. The molecule has 0 aromatic carbocycles. The standard InChI is InChI=1S/C17H24N2O/c1-3-17(2,19-11-4-5-12-19)16(20)14-9-8-13-7-6-10-18-15(13)14/h6-7,10,14H,3-5,8-9,11-12H2,1-2H3. The number of Topliss-reactive ketones (excluding diaryl/α,β-unsaturated/α-hetero) is 1. The van der Waals surface area contributed by atoms with Gasteiger partial charge in [-0.2, -0.15) is 0 Å². The van der Waals surface area contributed by atoms with Crippen LogP contribution in [0, 0.1) is 0 Å². The number of likely N-dealkylation sites (tertiary alicyclic amines) is 1. The maximum atomic E-state index is 13.2. The molecule has 1 aromatic heterocycles. The zero-order chi connectivity index (χ0) is 14.2. The molecule has 2 unspecified atom stereocenters. The summed E-state index contributed by atoms with van der Waals surface area (Å²) in [4.78, 5) is 20.1. The normalized spacial score (nSPS) is 25.4. The molecule has 1 aliphatic carbocycles. The third kappa shape index (κ3) is 2.08. The summed E-state index contributed by atoms with van der Waals surface area (Å²) in [5.41, 5.74) is 2.00. The first kappa shape index (κ1) is 13.7. The van der Waals surface area contributed by atoms with E-state index in [4.69, 9.17) is 0 Å². The van der Waals surface area contributed by atoms with E-state index in [9.17, 15) is 4.79 Å². The average molecular weight is 272 g/mol. The molecule has 0 bridgehead atoms. The number of hydrogen-bond donors (Lipinski definition) is 0. The minimum atomic E-state index is -0.305. The Balaban J connectivity index is 1.88. The molecule has 108 valence electrons. The lowest BCUT2D eigenvalue weighted by molar-refractivity contribution is -0.131. The molecule has 0 saturated carbocycles. The first-order valence-electron chi connectivity index (χ1n) is 7.90. The summed E-state index contributed by atoms with van der Waals surface area (Å²) in [5, 5.41) is 0. The van der Waals surface area contributed by atoms with Gasteiger partial charge in [-0.15, -0.1) is 0 Å². The van der Waals surface area contributed by atoms with Crippen LogP contribution in [0.5, 0.6) is 0 Å². The van der Waals surface area contributed by atoms with Crippen molar-refractivity contribution in [2.75, 3.05) is 13.1 Å². The highest BCUT2D eigenvalue weighted by atomic mass is 16.1. The molecule has 0 N–H and O–H groups in total. The lowest BCUT2D eigenvalue weighted by atomic mass is 9.82. The van der Waals surface area contributed by atoms with Crippen molar-refractivity contribution in [2.45, 2.75) is 57.4 Å². The molecule has 20 heavy (non-hydrogen) atoms. The van der Waals surface area contributed by atoms with E-state index in [0.29, 0.717) is 5.78 Å². The van der Waals surface area contributed by atoms with Crippen LogP contribution in [0.2, 0.25) is 0 Å². The van der Waals surface area contributed by atoms with Gasteiger partial charge in [-0.3, -0.25) is 14.7 Å². The van der Waals surface area contributed by atoms with E-state index < -0.39 is 0 Å². The molecule has 0 amide bonds. The van der Waals surface area contributed by atoms with E-state index in [2.05, 4.69) is 29.8 Å². The number of hydrogen-bond acceptors (Lipinski definition) is 3. The van der Waals surface area contributed by atoms with Crippen molar-refractivity contribution in [3.8, 4) is 0 Å². The van der Waals surface area contributed by atoms with E-state index in [0.717, 1.165) is 38.0 Å². The van der Waals surface area contributed by atoms with Crippen LogP contribution in [-0.2, 0) is 11.2 Å². The molecule has 1 fully saturated rings. The van der Waals surface area contributed by atoms with Gasteiger partial charge >= 0.3 is 0 Å². The number of pyridine rings is 1. The third-order valence-electron chi connectivity index (χ3n) is 5.30. The molecule has 0 radical (unpaired) electrons. The predicted molar refractivity (Wildman–Crippen MR) is 79.8 cm³/mol. The number of ketones is 1. The molecular formula is C17H24N2O. The lowest BCUT2D eigenvalue weighted by Gasteiger charge is -2.38. The maximum absolute atomic E-state index is 13.2. The van der Waals surface area contributed by atoms with Crippen LogP contribution in [0.25, 0.3) is 0 Å². The second-order valence-corrected chi connectivity index (χ2v) is 6.32. The van der Waals surface area contributed by atoms with Gasteiger partial charge in [-0.25, -0.2) is 0 Å². The Morgan fingerprint density at radius 2 is 2.20 bits per heavy atom. The molecule has 1 aromatic rings. The number of fused-ring (bicyclic) bond motifs is 1. The van der Waals surface area contributed by atoms with Gasteiger partial charge in [0.15, 0.2) is 5.78 Å². The summed E-state index contributed by atoms with van der Waals surface area (Å²) in [5.74, 6) is 0.399. The van der Waals surface area contributed by atoms with E-state index in [1.807, 2.05) is 12.3 Å². The number of rotatable bonds is 4. The number of nitrogens with zero attached hydrogens (tertiary/aromatic N) is 2. The number of carbonyl (C=O) groups is 1. The fraction of sp³-hybridized carbons (Fsp3) is 0.647. The van der Waals surface area contributed by atoms with Crippen molar-refractivity contribution >= 4 is 5.78 Å². The van der Waals surface area contributed by atoms with Gasteiger partial charge < -0.3 is 0 Å². The van der Waals surface area contributed by atoms with Crippen molar-refractivity contribution in [3.63, 3.8) is 0 Å². The molecule has 1 saturated heterocycles. The van der Waals surface area contributed by atoms with Crippen molar-refractivity contribution in [1.29, 1.82) is 0 Å². The Labute approximate surface area is 121 Å². The van der Waals surface area contributed by atoms with E-state index in [1.165, 1.54) is 18.4 Å². The van der Waals surface area contributed by atoms with Gasteiger partial charge in [0.1, 0.15) is 0 Å². The Morgan fingerprint density at radius 1 is 1.45 bits per heavy atom. The molecule has 0 spiro atoms. The highest BCUT2D eigenvalue weighted by Gasteiger charge is 2.44. The van der Waals surface area contributed by atoms with Crippen LogP contribution < -0.4 is 0 Å². The molecule has 3 heteroatoms. The summed E-state index contributed by atoms with van der Waals surface area (Å²) in [6.45, 7) is 6.42. The molecular weight excluding hydrogens is 248 g/mol. The molecule has 2 aliphatic rings. The average Bonchev–Trinajstić information content (AvgIpc) is 3.15. The summed E-state index contributed by atoms with van der Waals surface area (Å²) < 4.78 is 0. The van der Waals surface area contributed by atoms with Crippen LogP contribution in [0.1, 0.15) is 56.7 Å². The van der Waals surface area contributed by atoms with Crippen LogP contribution in [0.15, 0.2) is 18.3 Å². The van der Waals surface area contributed by atoms with Crippen LogP contribution in [0.4, 0.5) is 0 Å². The fourth-order valence-corrected chi connectivity index (χ4v) is 3.81. The maximum Gasteiger partial charge on any atom is 0.161 e. The summed E-state index contributed by atoms with van der Waals surface area (Å²) in [7, 11) is 0. The second kappa shape index (κ2) is 5.28. The van der Waals surface area contributed by atoms with Gasteiger partial charge in [0, 0.05) is 6.20 Å². The van der Waals surface area contributed by atoms with Crippen LogP contribution >= 0.6 is 0 Å². The number of carbonyl (C=O) groups excluding carboxylic acids is 1. The van der Waals surface area contributed by atoms with Gasteiger partial charge in [-0.1, -0.05) is 13.0 Å². The summed E-state index contributed by atoms with van der Waals surface area (Å²) in [6, 6.07) is 4.10. The van der Waals surface area contributed by atoms with Crippen LogP contribution in [-0.4, -0.2) is 34.3 Å². The topological polar surface area (TPSA) is 33.2 Å². The highest BCUT2D eigenvalue weighted by Crippen LogP contribution is 2.38. The minimum Gasteiger partial charge on any atom is -0.297 e. The second-order valence-electron chi connectivity index (χ2n) is 6.32. The highest BCUT2D eigenvalue weighted by molar-refractivity contribution is 5.94. The number of aryl methyl sites for hydroxylation is 1. The molecule has 2 atom stereocenters.